The smallest absolute Gasteiger partial charge is 0.291 e. The number of nitro benzene ring substituents is 1. The number of fused-ring (bicyclic) bond motifs is 1. The van der Waals surface area contributed by atoms with E-state index in [1.165, 1.54) is 35.4 Å². The maximum absolute atomic E-state index is 12.8. The lowest BCUT2D eigenvalue weighted by Gasteiger charge is -2.09. The first kappa shape index (κ1) is 23.9. The molecule has 1 aromatic heterocycles. The van der Waals surface area contributed by atoms with Crippen molar-refractivity contribution >= 4 is 17.3 Å². The number of nitro groups is 1. The van der Waals surface area contributed by atoms with Crippen LogP contribution in [0.25, 0.3) is 0 Å². The van der Waals surface area contributed by atoms with E-state index in [1.807, 2.05) is 12.1 Å². The maximum atomic E-state index is 12.8. The predicted octanol–water partition coefficient (Wildman–Crippen LogP) is 6.31. The molecule has 1 amide bonds. The second kappa shape index (κ2) is 10.4. The molecule has 37 heavy (non-hydrogen) atoms. The van der Waals surface area contributed by atoms with Crippen molar-refractivity contribution in [1.82, 2.24) is 0 Å². The number of nitrogens with one attached hydrogen (secondary N) is 1. The van der Waals surface area contributed by atoms with Gasteiger partial charge in [0.15, 0.2) is 5.76 Å². The van der Waals surface area contributed by atoms with Crippen LogP contribution in [0, 0.1) is 10.1 Å². The van der Waals surface area contributed by atoms with E-state index in [0.29, 0.717) is 17.3 Å². The number of benzene rings is 3. The van der Waals surface area contributed by atoms with Gasteiger partial charge in [0.05, 0.1) is 23.8 Å². The number of hydrogen-bond acceptors (Lipinski definition) is 7. The lowest BCUT2D eigenvalue weighted by Crippen LogP contribution is -2.11. The van der Waals surface area contributed by atoms with Crippen molar-refractivity contribution in [2.45, 2.75) is 25.9 Å². The highest BCUT2D eigenvalue weighted by atomic mass is 16.6. The summed E-state index contributed by atoms with van der Waals surface area (Å²) in [5.74, 6) is 2.03. The molecule has 0 unspecified atom stereocenters. The molecule has 188 valence electrons. The Morgan fingerprint density at radius 3 is 2.46 bits per heavy atom. The quantitative estimate of drug-likeness (QED) is 0.212. The number of amides is 1. The first-order chi connectivity index (χ1) is 18.0. The monoisotopic (exact) mass is 500 g/mol. The number of nitrogens with zero attached hydrogens (tertiary/aromatic N) is 1. The zero-order chi connectivity index (χ0) is 25.8. The Morgan fingerprint density at radius 2 is 1.68 bits per heavy atom. The summed E-state index contributed by atoms with van der Waals surface area (Å²) in [4.78, 5) is 23.7. The zero-order valence-electron chi connectivity index (χ0n) is 20.1. The number of carbonyl (C=O) groups excluding carboxylic acids is 1. The number of non-ortho nitro benzene ring substituents is 1. The summed E-state index contributed by atoms with van der Waals surface area (Å²) in [6.45, 7) is 0.169. The molecular weight excluding hydrogens is 476 g/mol. The van der Waals surface area contributed by atoms with E-state index < -0.39 is 10.8 Å². The fraction of sp³-hybridized carbons (Fsp3) is 0.179. The summed E-state index contributed by atoms with van der Waals surface area (Å²) in [6, 6.07) is 20.0. The number of rotatable bonds is 9. The zero-order valence-corrected chi connectivity index (χ0v) is 20.1. The molecule has 1 aliphatic rings. The first-order valence-corrected chi connectivity index (χ1v) is 11.7. The molecule has 0 aliphatic heterocycles. The maximum Gasteiger partial charge on any atom is 0.291 e. The first-order valence-electron chi connectivity index (χ1n) is 11.7. The molecule has 5 rings (SSSR count). The third kappa shape index (κ3) is 5.72. The largest absolute Gasteiger partial charge is 0.497 e. The van der Waals surface area contributed by atoms with Gasteiger partial charge in [-0.05, 0) is 78.9 Å². The van der Waals surface area contributed by atoms with Gasteiger partial charge < -0.3 is 23.9 Å². The lowest BCUT2D eigenvalue weighted by atomic mass is 10.1. The van der Waals surface area contributed by atoms with Crippen LogP contribution < -0.4 is 19.5 Å². The minimum Gasteiger partial charge on any atom is -0.497 e. The Labute approximate surface area is 212 Å². The van der Waals surface area contributed by atoms with Crippen LogP contribution >= 0.6 is 0 Å². The summed E-state index contributed by atoms with van der Waals surface area (Å²) in [5.41, 5.74) is 2.63. The van der Waals surface area contributed by atoms with Gasteiger partial charge in [-0.25, -0.2) is 0 Å². The van der Waals surface area contributed by atoms with E-state index in [0.717, 1.165) is 25.0 Å². The third-order valence-electron chi connectivity index (χ3n) is 5.99. The number of furan rings is 1. The Balaban J connectivity index is 1.25. The molecule has 4 aromatic rings. The predicted molar refractivity (Wildman–Crippen MR) is 136 cm³/mol. The van der Waals surface area contributed by atoms with Gasteiger partial charge in [0, 0.05) is 12.1 Å². The number of anilines is 1. The van der Waals surface area contributed by atoms with Crippen molar-refractivity contribution in [2.24, 2.45) is 0 Å². The molecule has 1 N–H and O–H groups in total. The van der Waals surface area contributed by atoms with Gasteiger partial charge in [0.2, 0.25) is 0 Å². The topological polar surface area (TPSA) is 113 Å². The second-order valence-corrected chi connectivity index (χ2v) is 8.54. The van der Waals surface area contributed by atoms with Gasteiger partial charge in [-0.15, -0.1) is 0 Å². The van der Waals surface area contributed by atoms with Gasteiger partial charge in [0.1, 0.15) is 35.4 Å². The molecule has 0 radical (unpaired) electrons. The van der Waals surface area contributed by atoms with Crippen LogP contribution in [0.1, 0.15) is 33.9 Å². The van der Waals surface area contributed by atoms with Crippen LogP contribution in [-0.4, -0.2) is 17.9 Å². The van der Waals surface area contributed by atoms with Crippen LogP contribution in [0.5, 0.6) is 23.0 Å². The van der Waals surface area contributed by atoms with Crippen LogP contribution in [-0.2, 0) is 19.4 Å². The summed E-state index contributed by atoms with van der Waals surface area (Å²) < 4.78 is 22.3. The minimum absolute atomic E-state index is 0.0525. The van der Waals surface area contributed by atoms with Crippen molar-refractivity contribution in [3.8, 4) is 23.0 Å². The summed E-state index contributed by atoms with van der Waals surface area (Å²) in [5, 5.41) is 14.1. The Kier molecular flexibility index (Phi) is 6.76. The fourth-order valence-electron chi connectivity index (χ4n) is 4.16. The Hall–Kier alpha value is -4.79. The van der Waals surface area contributed by atoms with Crippen molar-refractivity contribution < 1.29 is 28.3 Å². The Bertz CT molecular complexity index is 1440. The molecule has 1 heterocycles. The van der Waals surface area contributed by atoms with E-state index >= 15 is 0 Å². The standard InChI is InChI=1S/C28H24N2O7/c1-34-22-7-9-23(10-8-22)36-26-15-20(14-21(16-26)30(32)33)29-28(31)27-12-11-25(37-27)17-35-24-6-5-18-3-2-4-19(18)13-24/h5-16H,2-4,17H2,1H3,(H,29,31). The van der Waals surface area contributed by atoms with Gasteiger partial charge in [-0.3, -0.25) is 14.9 Å². The lowest BCUT2D eigenvalue weighted by molar-refractivity contribution is -0.384. The number of ether oxygens (including phenoxy) is 3. The molecule has 3 aromatic carbocycles. The van der Waals surface area contributed by atoms with Crippen LogP contribution in [0.3, 0.4) is 0 Å². The summed E-state index contributed by atoms with van der Waals surface area (Å²) in [6.07, 6.45) is 3.32. The van der Waals surface area contributed by atoms with Gasteiger partial charge in [-0.1, -0.05) is 6.07 Å². The molecule has 0 bridgehead atoms. The molecule has 0 fully saturated rings. The van der Waals surface area contributed by atoms with Crippen molar-refractivity contribution in [1.29, 1.82) is 0 Å². The van der Waals surface area contributed by atoms with Crippen molar-refractivity contribution in [3.05, 3.63) is 106 Å². The molecule has 0 atom stereocenters. The molecule has 1 aliphatic carbocycles. The van der Waals surface area contributed by atoms with E-state index in [-0.39, 0.29) is 29.5 Å². The fourth-order valence-corrected chi connectivity index (χ4v) is 4.16. The molecule has 0 saturated heterocycles. The minimum atomic E-state index is -0.558. The highest BCUT2D eigenvalue weighted by molar-refractivity contribution is 6.02. The van der Waals surface area contributed by atoms with Crippen molar-refractivity contribution in [2.75, 3.05) is 12.4 Å². The van der Waals surface area contributed by atoms with Gasteiger partial charge in [0.25, 0.3) is 11.6 Å². The van der Waals surface area contributed by atoms with E-state index in [9.17, 15) is 14.9 Å². The molecule has 9 heteroatoms. The Morgan fingerprint density at radius 1 is 0.919 bits per heavy atom. The number of aryl methyl sites for hydroxylation is 2. The molecular formula is C28H24N2O7. The number of methoxy groups -OCH3 is 1. The van der Waals surface area contributed by atoms with Crippen LogP contribution in [0.15, 0.2) is 77.2 Å². The third-order valence-corrected chi connectivity index (χ3v) is 5.99. The molecule has 0 saturated carbocycles. The van der Waals surface area contributed by atoms with Gasteiger partial charge >= 0.3 is 0 Å². The highest BCUT2D eigenvalue weighted by Gasteiger charge is 2.17. The van der Waals surface area contributed by atoms with E-state index in [1.54, 1.807) is 37.4 Å². The summed E-state index contributed by atoms with van der Waals surface area (Å²) in [7, 11) is 1.55. The number of hydrogen-bond donors (Lipinski definition) is 1. The highest BCUT2D eigenvalue weighted by Crippen LogP contribution is 2.31. The average molecular weight is 501 g/mol. The average Bonchev–Trinajstić information content (AvgIpc) is 3.57. The molecule has 0 spiro atoms. The van der Waals surface area contributed by atoms with E-state index in [4.69, 9.17) is 18.6 Å². The van der Waals surface area contributed by atoms with Crippen molar-refractivity contribution in [3.63, 3.8) is 0 Å². The second-order valence-electron chi connectivity index (χ2n) is 8.54. The normalized spacial score (nSPS) is 12.0. The molecule has 9 nitrogen and oxygen atoms in total. The van der Waals surface area contributed by atoms with E-state index in [2.05, 4.69) is 11.4 Å². The van der Waals surface area contributed by atoms with Gasteiger partial charge in [-0.2, -0.15) is 0 Å². The van der Waals surface area contributed by atoms with Crippen LogP contribution in [0.2, 0.25) is 0 Å². The number of carbonyl (C=O) groups is 1. The van der Waals surface area contributed by atoms with Crippen LogP contribution in [0.4, 0.5) is 11.4 Å². The summed E-state index contributed by atoms with van der Waals surface area (Å²) >= 11 is 0. The SMILES string of the molecule is COc1ccc(Oc2cc(NC(=O)c3ccc(COc4ccc5c(c4)CCC5)o3)cc([N+](=O)[O-])c2)cc1.